The van der Waals surface area contributed by atoms with Crippen molar-refractivity contribution in [2.75, 3.05) is 6.54 Å². The predicted octanol–water partition coefficient (Wildman–Crippen LogP) is 2.11. The average molecular weight is 272 g/mol. The molecule has 3 aliphatic rings. The Bertz CT molecular complexity index is 518. The molecular weight excluding hydrogens is 252 g/mol. The third kappa shape index (κ3) is 1.89. The largest absolute Gasteiger partial charge is 0.472 e. The Morgan fingerprint density at radius 1 is 1.40 bits per heavy atom. The number of piperidine rings is 1. The van der Waals surface area contributed by atoms with Crippen LogP contribution in [0.5, 0.6) is 5.88 Å². The van der Waals surface area contributed by atoms with Gasteiger partial charge in [-0.1, -0.05) is 13.0 Å². The molecule has 3 fully saturated rings. The lowest BCUT2D eigenvalue weighted by Gasteiger charge is -2.27. The van der Waals surface area contributed by atoms with Gasteiger partial charge in [0, 0.05) is 30.6 Å². The van der Waals surface area contributed by atoms with Crippen molar-refractivity contribution < 1.29 is 9.53 Å². The summed E-state index contributed by atoms with van der Waals surface area (Å²) in [5, 5.41) is 0. The van der Waals surface area contributed by atoms with E-state index in [9.17, 15) is 4.79 Å². The molecular formula is C16H20N2O2. The van der Waals surface area contributed by atoms with Gasteiger partial charge in [-0.25, -0.2) is 4.98 Å². The highest BCUT2D eigenvalue weighted by atomic mass is 16.5. The highest BCUT2D eigenvalue weighted by Gasteiger charge is 2.53. The number of aromatic nitrogens is 1. The van der Waals surface area contributed by atoms with Crippen LogP contribution in [0.4, 0.5) is 0 Å². The molecule has 5 atom stereocenters. The van der Waals surface area contributed by atoms with E-state index in [1.807, 2.05) is 18.2 Å². The molecule has 1 aromatic heterocycles. The van der Waals surface area contributed by atoms with Crippen LogP contribution in [-0.4, -0.2) is 34.5 Å². The minimum absolute atomic E-state index is 0.142. The Labute approximate surface area is 119 Å². The zero-order chi connectivity index (χ0) is 13.7. The number of ether oxygens (including phenoxy) is 1. The van der Waals surface area contributed by atoms with E-state index in [4.69, 9.17) is 4.74 Å². The molecule has 0 radical (unpaired) electrons. The van der Waals surface area contributed by atoms with Gasteiger partial charge in [-0.3, -0.25) is 4.79 Å². The van der Waals surface area contributed by atoms with E-state index >= 15 is 0 Å². The van der Waals surface area contributed by atoms with E-state index in [1.54, 1.807) is 6.20 Å². The first-order valence-corrected chi connectivity index (χ1v) is 7.62. The molecule has 2 saturated carbocycles. The molecule has 5 unspecified atom stereocenters. The molecule has 4 rings (SSSR count). The number of fused-ring (bicyclic) bond motifs is 2. The number of carbonyl (C=O) groups excluding carboxylic acids is 1. The number of likely N-dealkylation sites (tertiary alicyclic amines) is 1. The minimum Gasteiger partial charge on any atom is -0.472 e. The molecule has 2 bridgehead atoms. The van der Waals surface area contributed by atoms with Crippen molar-refractivity contribution in [3.05, 3.63) is 24.4 Å². The Kier molecular flexibility index (Phi) is 2.72. The lowest BCUT2D eigenvalue weighted by molar-refractivity contribution is -0.135. The fraction of sp³-hybridized carbons (Fsp3) is 0.625. The van der Waals surface area contributed by atoms with Crippen LogP contribution in [0.25, 0.3) is 0 Å². The third-order valence-electron chi connectivity index (χ3n) is 5.11. The number of nitrogens with zero attached hydrogens (tertiary/aromatic N) is 2. The highest BCUT2D eigenvalue weighted by Crippen LogP contribution is 2.45. The fourth-order valence-electron chi connectivity index (χ4n) is 3.81. The first-order valence-electron chi connectivity index (χ1n) is 7.62. The van der Waals surface area contributed by atoms with E-state index in [1.165, 1.54) is 6.42 Å². The van der Waals surface area contributed by atoms with E-state index in [2.05, 4.69) is 16.8 Å². The molecule has 106 valence electrons. The van der Waals surface area contributed by atoms with Crippen molar-refractivity contribution in [1.29, 1.82) is 0 Å². The van der Waals surface area contributed by atoms with Gasteiger partial charge in [-0.05, 0) is 31.2 Å². The SMILES string of the molecule is CC1CC1C(=O)N1CC2CCC1C2Oc1ccccn1. The van der Waals surface area contributed by atoms with E-state index in [0.717, 1.165) is 19.4 Å². The summed E-state index contributed by atoms with van der Waals surface area (Å²) in [7, 11) is 0. The van der Waals surface area contributed by atoms with Gasteiger partial charge in [-0.2, -0.15) is 0 Å². The number of amides is 1. The van der Waals surface area contributed by atoms with Crippen LogP contribution in [0.2, 0.25) is 0 Å². The molecule has 2 aliphatic carbocycles. The summed E-state index contributed by atoms with van der Waals surface area (Å²) in [6.45, 7) is 3.04. The normalized spacial score (nSPS) is 38.0. The van der Waals surface area contributed by atoms with Crippen LogP contribution >= 0.6 is 0 Å². The summed E-state index contributed by atoms with van der Waals surface area (Å²) in [6.07, 6.45) is 5.21. The van der Waals surface area contributed by atoms with Gasteiger partial charge >= 0.3 is 0 Å². The highest BCUT2D eigenvalue weighted by molar-refractivity contribution is 5.82. The van der Waals surface area contributed by atoms with E-state index in [0.29, 0.717) is 23.6 Å². The summed E-state index contributed by atoms with van der Waals surface area (Å²) in [4.78, 5) is 18.8. The fourth-order valence-corrected chi connectivity index (χ4v) is 3.81. The number of hydrogen-bond acceptors (Lipinski definition) is 3. The maximum Gasteiger partial charge on any atom is 0.226 e. The van der Waals surface area contributed by atoms with Gasteiger partial charge in [0.2, 0.25) is 11.8 Å². The van der Waals surface area contributed by atoms with Gasteiger partial charge in [0.15, 0.2) is 0 Å². The summed E-state index contributed by atoms with van der Waals surface area (Å²) in [5.74, 6) is 2.39. The Balaban J connectivity index is 1.48. The van der Waals surface area contributed by atoms with Gasteiger partial charge < -0.3 is 9.64 Å². The summed E-state index contributed by atoms with van der Waals surface area (Å²) in [6, 6.07) is 5.99. The zero-order valence-electron chi connectivity index (χ0n) is 11.7. The maximum absolute atomic E-state index is 12.5. The van der Waals surface area contributed by atoms with Crippen molar-refractivity contribution >= 4 is 5.91 Å². The summed E-state index contributed by atoms with van der Waals surface area (Å²) < 4.78 is 6.06. The molecule has 0 spiro atoms. The number of carbonyl (C=O) groups is 1. The monoisotopic (exact) mass is 272 g/mol. The molecule has 20 heavy (non-hydrogen) atoms. The van der Waals surface area contributed by atoms with Crippen molar-refractivity contribution in [1.82, 2.24) is 9.88 Å². The van der Waals surface area contributed by atoms with Gasteiger partial charge in [0.1, 0.15) is 6.10 Å². The molecule has 1 aromatic rings. The second kappa shape index (κ2) is 4.47. The molecule has 1 amide bonds. The van der Waals surface area contributed by atoms with Crippen molar-refractivity contribution in [3.8, 4) is 5.88 Å². The predicted molar refractivity (Wildman–Crippen MR) is 74.1 cm³/mol. The molecule has 0 N–H and O–H groups in total. The molecule has 1 aliphatic heterocycles. The van der Waals surface area contributed by atoms with Crippen LogP contribution in [0.15, 0.2) is 24.4 Å². The van der Waals surface area contributed by atoms with Crippen LogP contribution < -0.4 is 4.74 Å². The molecule has 0 aromatic carbocycles. The van der Waals surface area contributed by atoms with Gasteiger partial charge in [-0.15, -0.1) is 0 Å². The second-order valence-corrected chi connectivity index (χ2v) is 6.47. The smallest absolute Gasteiger partial charge is 0.226 e. The van der Waals surface area contributed by atoms with Gasteiger partial charge in [0.05, 0.1) is 6.04 Å². The number of pyridine rings is 1. The molecule has 2 heterocycles. The van der Waals surface area contributed by atoms with E-state index in [-0.39, 0.29) is 18.1 Å². The Hall–Kier alpha value is -1.58. The maximum atomic E-state index is 12.5. The second-order valence-electron chi connectivity index (χ2n) is 6.47. The zero-order valence-corrected chi connectivity index (χ0v) is 11.7. The van der Waals surface area contributed by atoms with Crippen molar-refractivity contribution in [3.63, 3.8) is 0 Å². The molecule has 4 heteroatoms. The average Bonchev–Trinajstić information content (AvgIpc) is 2.97. The summed E-state index contributed by atoms with van der Waals surface area (Å²) in [5.41, 5.74) is 0. The first kappa shape index (κ1) is 12.2. The topological polar surface area (TPSA) is 42.4 Å². The lowest BCUT2D eigenvalue weighted by atomic mass is 10.1. The molecule has 1 saturated heterocycles. The van der Waals surface area contributed by atoms with Crippen molar-refractivity contribution in [2.45, 2.75) is 38.3 Å². The van der Waals surface area contributed by atoms with Gasteiger partial charge in [0.25, 0.3) is 0 Å². The Morgan fingerprint density at radius 2 is 2.25 bits per heavy atom. The molecule has 4 nitrogen and oxygen atoms in total. The lowest BCUT2D eigenvalue weighted by Crippen LogP contribution is -2.41. The summed E-state index contributed by atoms with van der Waals surface area (Å²) >= 11 is 0. The minimum atomic E-state index is 0.142. The van der Waals surface area contributed by atoms with Crippen LogP contribution in [0.3, 0.4) is 0 Å². The third-order valence-corrected chi connectivity index (χ3v) is 5.11. The van der Waals surface area contributed by atoms with Crippen LogP contribution in [0, 0.1) is 17.8 Å². The quantitative estimate of drug-likeness (QED) is 0.846. The van der Waals surface area contributed by atoms with Crippen molar-refractivity contribution in [2.24, 2.45) is 17.8 Å². The first-order chi connectivity index (χ1) is 9.74. The van der Waals surface area contributed by atoms with E-state index < -0.39 is 0 Å². The van der Waals surface area contributed by atoms with Crippen LogP contribution in [-0.2, 0) is 4.79 Å². The Morgan fingerprint density at radius 3 is 2.95 bits per heavy atom. The standard InChI is InChI=1S/C16H20N2O2/c1-10-8-12(10)16(19)18-9-11-5-6-13(18)15(11)20-14-4-2-3-7-17-14/h2-4,7,10-13,15H,5-6,8-9H2,1H3. The number of rotatable bonds is 3. The van der Waals surface area contributed by atoms with Crippen LogP contribution in [0.1, 0.15) is 26.2 Å². The number of hydrogen-bond donors (Lipinski definition) is 0.